The molecule has 3 aromatic rings. The Kier molecular flexibility index (Phi) is 5.46. The second kappa shape index (κ2) is 7.95. The van der Waals surface area contributed by atoms with E-state index in [1.54, 1.807) is 0 Å². The summed E-state index contributed by atoms with van der Waals surface area (Å²) in [5.41, 5.74) is 3.32. The number of hydrogen-bond acceptors (Lipinski definition) is 1. The van der Waals surface area contributed by atoms with Gasteiger partial charge in [-0.15, -0.1) is 0 Å². The van der Waals surface area contributed by atoms with Gasteiger partial charge < -0.3 is 4.57 Å². The third-order valence-corrected chi connectivity index (χ3v) is 6.42. The van der Waals surface area contributed by atoms with Crippen molar-refractivity contribution in [2.75, 3.05) is 0 Å². The minimum Gasteiger partial charge on any atom is -0.319 e. The molecule has 24 heavy (non-hydrogen) atoms. The first kappa shape index (κ1) is 16.5. The molecule has 0 atom stereocenters. The highest BCUT2D eigenvalue weighted by molar-refractivity contribution is 7.65. The number of hydrogen-bond donors (Lipinski definition) is 0. The topological polar surface area (TPSA) is 17.1 Å². The normalized spacial score (nSPS) is 11.7. The largest absolute Gasteiger partial charge is 0.319 e. The Morgan fingerprint density at radius 3 is 1.50 bits per heavy atom. The SMILES string of the molecule is O=P(/C=C/c1ccccc1)(Cc1ccccc1)Cc1ccccc1. The van der Waals surface area contributed by atoms with Crippen LogP contribution in [-0.4, -0.2) is 0 Å². The molecule has 0 aromatic heterocycles. The van der Waals surface area contributed by atoms with E-state index in [1.807, 2.05) is 103 Å². The Morgan fingerprint density at radius 2 is 1.04 bits per heavy atom. The van der Waals surface area contributed by atoms with Crippen LogP contribution in [0.5, 0.6) is 0 Å². The first-order valence-electron chi connectivity index (χ1n) is 8.13. The summed E-state index contributed by atoms with van der Waals surface area (Å²) in [5, 5.41) is 0. The van der Waals surface area contributed by atoms with Gasteiger partial charge in [0, 0.05) is 12.3 Å². The summed E-state index contributed by atoms with van der Waals surface area (Å²) in [6.07, 6.45) is 3.17. The van der Waals surface area contributed by atoms with Gasteiger partial charge in [0.15, 0.2) is 0 Å². The molecule has 0 amide bonds. The zero-order valence-electron chi connectivity index (χ0n) is 13.6. The number of rotatable bonds is 6. The van der Waals surface area contributed by atoms with Crippen molar-refractivity contribution in [1.82, 2.24) is 0 Å². The molecule has 0 saturated heterocycles. The smallest absolute Gasteiger partial charge is 0.117 e. The second-order valence-electron chi connectivity index (χ2n) is 5.97. The molecule has 0 unspecified atom stereocenters. The van der Waals surface area contributed by atoms with Crippen molar-refractivity contribution in [3.05, 3.63) is 114 Å². The van der Waals surface area contributed by atoms with Crippen molar-refractivity contribution in [2.45, 2.75) is 12.3 Å². The molecule has 0 fully saturated rings. The predicted octanol–water partition coefficient (Wildman–Crippen LogP) is 6.42. The van der Waals surface area contributed by atoms with E-state index in [9.17, 15) is 4.57 Å². The van der Waals surface area contributed by atoms with Crippen molar-refractivity contribution in [3.63, 3.8) is 0 Å². The molecule has 120 valence electrons. The Labute approximate surface area is 144 Å². The molecule has 2 heteroatoms. The van der Waals surface area contributed by atoms with Crippen LogP contribution in [0.2, 0.25) is 0 Å². The summed E-state index contributed by atoms with van der Waals surface area (Å²) in [6.45, 7) is 0. The quantitative estimate of drug-likeness (QED) is 0.476. The Bertz CT molecular complexity index is 778. The second-order valence-corrected chi connectivity index (χ2v) is 8.80. The van der Waals surface area contributed by atoms with Gasteiger partial charge in [-0.3, -0.25) is 0 Å². The van der Waals surface area contributed by atoms with Crippen molar-refractivity contribution in [2.24, 2.45) is 0 Å². The summed E-state index contributed by atoms with van der Waals surface area (Å²) in [6, 6.07) is 30.2. The lowest BCUT2D eigenvalue weighted by molar-refractivity contribution is 0.579. The lowest BCUT2D eigenvalue weighted by Crippen LogP contribution is -1.91. The highest BCUT2D eigenvalue weighted by Gasteiger charge is 2.20. The van der Waals surface area contributed by atoms with Crippen molar-refractivity contribution >= 4 is 13.2 Å². The van der Waals surface area contributed by atoms with Gasteiger partial charge in [-0.25, -0.2) is 0 Å². The standard InChI is InChI=1S/C22H21OP/c23-24(18-21-12-6-2-7-13-21,19-22-14-8-3-9-15-22)17-16-20-10-4-1-5-11-20/h1-17H,18-19H2/b17-16+. The van der Waals surface area contributed by atoms with Crippen LogP contribution in [-0.2, 0) is 16.9 Å². The predicted molar refractivity (Wildman–Crippen MR) is 103 cm³/mol. The van der Waals surface area contributed by atoms with Gasteiger partial charge >= 0.3 is 0 Å². The Hall–Kier alpha value is -2.37. The van der Waals surface area contributed by atoms with Crippen LogP contribution in [0.15, 0.2) is 96.8 Å². The highest BCUT2D eigenvalue weighted by atomic mass is 31.2. The molecule has 0 N–H and O–H groups in total. The Morgan fingerprint density at radius 1 is 0.625 bits per heavy atom. The molecule has 0 saturated carbocycles. The number of benzene rings is 3. The summed E-state index contributed by atoms with van der Waals surface area (Å²) in [5.74, 6) is 1.93. The van der Waals surface area contributed by atoms with Gasteiger partial charge in [0.25, 0.3) is 0 Å². The first-order chi connectivity index (χ1) is 11.7. The van der Waals surface area contributed by atoms with E-state index < -0.39 is 7.14 Å². The highest BCUT2D eigenvalue weighted by Crippen LogP contribution is 2.54. The molecule has 3 rings (SSSR count). The molecular formula is C22H21OP. The molecule has 0 radical (unpaired) electrons. The summed E-state index contributed by atoms with van der Waals surface area (Å²) in [4.78, 5) is 0. The maximum atomic E-state index is 13.6. The van der Waals surface area contributed by atoms with Crippen LogP contribution in [0, 0.1) is 0 Å². The fourth-order valence-corrected chi connectivity index (χ4v) is 5.16. The third kappa shape index (κ3) is 4.81. The summed E-state index contributed by atoms with van der Waals surface area (Å²) < 4.78 is 13.6. The molecule has 0 heterocycles. The molecule has 3 aromatic carbocycles. The van der Waals surface area contributed by atoms with Crippen molar-refractivity contribution in [1.29, 1.82) is 0 Å². The van der Waals surface area contributed by atoms with Gasteiger partial charge in [0.05, 0.1) is 0 Å². The first-order valence-corrected chi connectivity index (χ1v) is 10.3. The average molecular weight is 332 g/mol. The van der Waals surface area contributed by atoms with E-state index in [-0.39, 0.29) is 0 Å². The van der Waals surface area contributed by atoms with E-state index >= 15 is 0 Å². The zero-order valence-corrected chi connectivity index (χ0v) is 14.5. The van der Waals surface area contributed by atoms with E-state index in [4.69, 9.17) is 0 Å². The van der Waals surface area contributed by atoms with Gasteiger partial charge in [-0.05, 0) is 22.5 Å². The van der Waals surface area contributed by atoms with Crippen LogP contribution < -0.4 is 0 Å². The van der Waals surface area contributed by atoms with Crippen LogP contribution in [0.1, 0.15) is 16.7 Å². The molecule has 1 nitrogen and oxygen atoms in total. The maximum absolute atomic E-state index is 13.6. The fourth-order valence-electron chi connectivity index (χ4n) is 2.73. The maximum Gasteiger partial charge on any atom is 0.117 e. The van der Waals surface area contributed by atoms with E-state index in [1.165, 1.54) is 0 Å². The lowest BCUT2D eigenvalue weighted by atomic mass is 10.2. The summed E-state index contributed by atoms with van der Waals surface area (Å²) >= 11 is 0. The van der Waals surface area contributed by atoms with Crippen LogP contribution in [0.25, 0.3) is 6.08 Å². The fraction of sp³-hybridized carbons (Fsp3) is 0.0909. The molecule has 0 bridgehead atoms. The van der Waals surface area contributed by atoms with Gasteiger partial charge in [-0.1, -0.05) is 97.1 Å². The lowest BCUT2D eigenvalue weighted by Gasteiger charge is -2.15. The molecule has 0 aliphatic carbocycles. The minimum absolute atomic E-state index is 0.589. The molecule has 0 aliphatic heterocycles. The van der Waals surface area contributed by atoms with Gasteiger partial charge in [-0.2, -0.15) is 0 Å². The van der Waals surface area contributed by atoms with Crippen molar-refractivity contribution < 1.29 is 4.57 Å². The van der Waals surface area contributed by atoms with Gasteiger partial charge in [0.1, 0.15) is 7.14 Å². The van der Waals surface area contributed by atoms with E-state index in [2.05, 4.69) is 0 Å². The van der Waals surface area contributed by atoms with E-state index in [0.717, 1.165) is 16.7 Å². The molecule has 0 spiro atoms. The molecule has 0 aliphatic rings. The average Bonchev–Trinajstić information content (AvgIpc) is 2.63. The van der Waals surface area contributed by atoms with E-state index in [0.29, 0.717) is 12.3 Å². The van der Waals surface area contributed by atoms with Gasteiger partial charge in [0.2, 0.25) is 0 Å². The Balaban J connectivity index is 1.88. The summed E-state index contributed by atoms with van der Waals surface area (Å²) in [7, 11) is -2.51. The molecular weight excluding hydrogens is 311 g/mol. The van der Waals surface area contributed by atoms with Crippen LogP contribution in [0.3, 0.4) is 0 Å². The van der Waals surface area contributed by atoms with Crippen molar-refractivity contribution in [3.8, 4) is 0 Å². The zero-order chi connectivity index (χ0) is 16.7. The minimum atomic E-state index is -2.51. The monoisotopic (exact) mass is 332 g/mol. The third-order valence-electron chi connectivity index (χ3n) is 3.92. The van der Waals surface area contributed by atoms with Crippen LogP contribution >= 0.6 is 7.14 Å². The van der Waals surface area contributed by atoms with Crippen LogP contribution in [0.4, 0.5) is 0 Å².